The lowest BCUT2D eigenvalue weighted by atomic mass is 10.2. The summed E-state index contributed by atoms with van der Waals surface area (Å²) in [6.07, 6.45) is 0. The second-order valence-corrected chi connectivity index (χ2v) is 4.23. The van der Waals surface area contributed by atoms with Crippen molar-refractivity contribution in [3.63, 3.8) is 0 Å². The number of benzene rings is 2. The molecule has 0 bridgehead atoms. The minimum absolute atomic E-state index is 0.0444. The molecule has 0 saturated carbocycles. The Hall–Kier alpha value is -3.04. The summed E-state index contributed by atoms with van der Waals surface area (Å²) in [6, 6.07) is 0.365. The monoisotopic (exact) mass is 350 g/mol. The van der Waals surface area contributed by atoms with E-state index in [2.05, 4.69) is 9.78 Å². The van der Waals surface area contributed by atoms with E-state index in [9.17, 15) is 35.9 Å². The molecule has 0 saturated heterocycles. The summed E-state index contributed by atoms with van der Waals surface area (Å²) in [6.45, 7) is 0. The molecule has 2 aromatic rings. The van der Waals surface area contributed by atoms with Crippen molar-refractivity contribution in [1.29, 1.82) is 0 Å². The van der Waals surface area contributed by atoms with Gasteiger partial charge in [-0.2, -0.15) is 0 Å². The highest BCUT2D eigenvalue weighted by atomic mass is 19.2. The molecule has 2 aromatic carbocycles. The third-order valence-corrected chi connectivity index (χ3v) is 2.65. The van der Waals surface area contributed by atoms with Gasteiger partial charge in [-0.1, -0.05) is 0 Å². The Labute approximate surface area is 129 Å². The average molecular weight is 350 g/mol. The predicted molar refractivity (Wildman–Crippen MR) is 63.5 cm³/mol. The van der Waals surface area contributed by atoms with E-state index in [-0.39, 0.29) is 24.3 Å². The van der Waals surface area contributed by atoms with Crippen molar-refractivity contribution in [2.45, 2.75) is 0 Å². The van der Waals surface area contributed by atoms with Gasteiger partial charge < -0.3 is 0 Å². The Morgan fingerprint density at radius 1 is 0.542 bits per heavy atom. The third-order valence-electron chi connectivity index (χ3n) is 2.65. The van der Waals surface area contributed by atoms with Crippen molar-refractivity contribution >= 4 is 11.9 Å². The van der Waals surface area contributed by atoms with Crippen LogP contribution in [0.25, 0.3) is 0 Å². The van der Waals surface area contributed by atoms with Gasteiger partial charge >= 0.3 is 11.9 Å². The first-order chi connectivity index (χ1) is 11.2. The van der Waals surface area contributed by atoms with Crippen molar-refractivity contribution in [2.24, 2.45) is 0 Å². The Bertz CT molecular complexity index is 767. The molecule has 0 unspecified atom stereocenters. The van der Waals surface area contributed by atoms with Crippen LogP contribution >= 0.6 is 0 Å². The summed E-state index contributed by atoms with van der Waals surface area (Å²) in [4.78, 5) is 30.5. The second kappa shape index (κ2) is 6.60. The van der Waals surface area contributed by atoms with E-state index >= 15 is 0 Å². The smallest absolute Gasteiger partial charge is 0.241 e. The molecule has 10 heteroatoms. The summed E-state index contributed by atoms with van der Waals surface area (Å²) in [5.41, 5.74) is -2.24. The van der Waals surface area contributed by atoms with Crippen LogP contribution in [0.5, 0.6) is 0 Å². The zero-order valence-corrected chi connectivity index (χ0v) is 11.2. The lowest BCUT2D eigenvalue weighted by Crippen LogP contribution is -2.15. The molecule has 0 N–H and O–H groups in total. The number of carbonyl (C=O) groups is 2. The zero-order valence-electron chi connectivity index (χ0n) is 11.2. The minimum Gasteiger partial charge on any atom is -0.241 e. The van der Waals surface area contributed by atoms with Crippen LogP contribution in [0, 0.1) is 34.9 Å². The van der Waals surface area contributed by atoms with Crippen molar-refractivity contribution in [3.8, 4) is 0 Å². The molecule has 0 aliphatic heterocycles. The number of hydrogen-bond acceptors (Lipinski definition) is 4. The lowest BCUT2D eigenvalue weighted by molar-refractivity contribution is -0.188. The van der Waals surface area contributed by atoms with E-state index < -0.39 is 58.0 Å². The molecule has 0 spiro atoms. The second-order valence-electron chi connectivity index (χ2n) is 4.23. The van der Waals surface area contributed by atoms with Gasteiger partial charge in [0.15, 0.2) is 23.3 Å². The maximum Gasteiger partial charge on any atom is 0.389 e. The molecule has 24 heavy (non-hydrogen) atoms. The molecule has 0 aliphatic rings. The molecule has 2 rings (SSSR count). The SMILES string of the molecule is O=C(OOC(=O)c1cc(F)c(F)cc1F)c1cc(F)c(F)cc1F. The molecule has 0 amide bonds. The van der Waals surface area contributed by atoms with Crippen LogP contribution in [0.4, 0.5) is 26.3 Å². The van der Waals surface area contributed by atoms with Crippen LogP contribution in [-0.2, 0) is 9.78 Å². The van der Waals surface area contributed by atoms with Crippen molar-refractivity contribution in [2.75, 3.05) is 0 Å². The highest BCUT2D eigenvalue weighted by Crippen LogP contribution is 2.17. The minimum atomic E-state index is -1.75. The quantitative estimate of drug-likeness (QED) is 0.360. The van der Waals surface area contributed by atoms with Crippen molar-refractivity contribution in [1.82, 2.24) is 0 Å². The summed E-state index contributed by atoms with van der Waals surface area (Å²) < 4.78 is 77.9. The number of carbonyl (C=O) groups excluding carboxylic acids is 2. The van der Waals surface area contributed by atoms with E-state index in [1.165, 1.54) is 0 Å². The maximum absolute atomic E-state index is 13.3. The van der Waals surface area contributed by atoms with Crippen LogP contribution in [0.1, 0.15) is 20.7 Å². The van der Waals surface area contributed by atoms with E-state index in [1.807, 2.05) is 0 Å². The lowest BCUT2D eigenvalue weighted by Gasteiger charge is -2.06. The highest BCUT2D eigenvalue weighted by molar-refractivity contribution is 5.92. The molecule has 0 radical (unpaired) electrons. The van der Waals surface area contributed by atoms with Gasteiger partial charge in [-0.25, -0.2) is 45.7 Å². The topological polar surface area (TPSA) is 52.6 Å². The maximum atomic E-state index is 13.3. The number of hydrogen-bond donors (Lipinski definition) is 0. The Balaban J connectivity index is 2.13. The zero-order chi connectivity index (χ0) is 18.0. The van der Waals surface area contributed by atoms with Gasteiger partial charge in [0.1, 0.15) is 22.8 Å². The Kier molecular flexibility index (Phi) is 4.77. The normalized spacial score (nSPS) is 10.4. The first-order valence-corrected chi connectivity index (χ1v) is 5.93. The average Bonchev–Trinajstić information content (AvgIpc) is 2.51. The molecular weight excluding hydrogens is 346 g/mol. The molecule has 126 valence electrons. The molecule has 0 heterocycles. The van der Waals surface area contributed by atoms with Crippen LogP contribution in [0.3, 0.4) is 0 Å². The summed E-state index contributed by atoms with van der Waals surface area (Å²) >= 11 is 0. The number of rotatable bonds is 2. The van der Waals surface area contributed by atoms with E-state index in [0.29, 0.717) is 0 Å². The largest absolute Gasteiger partial charge is 0.389 e. The van der Waals surface area contributed by atoms with E-state index in [4.69, 9.17) is 0 Å². The van der Waals surface area contributed by atoms with Crippen LogP contribution in [-0.4, -0.2) is 11.9 Å². The van der Waals surface area contributed by atoms with Crippen molar-refractivity contribution < 1.29 is 45.7 Å². The van der Waals surface area contributed by atoms with E-state index in [1.54, 1.807) is 0 Å². The molecule has 0 fully saturated rings. The predicted octanol–water partition coefficient (Wildman–Crippen LogP) is 3.45. The molecule has 0 atom stereocenters. The van der Waals surface area contributed by atoms with Crippen molar-refractivity contribution in [3.05, 3.63) is 70.3 Å². The fraction of sp³-hybridized carbons (Fsp3) is 0. The van der Waals surface area contributed by atoms with Gasteiger partial charge in [0, 0.05) is 12.1 Å². The fourth-order valence-electron chi connectivity index (χ4n) is 1.52. The molecule has 4 nitrogen and oxygen atoms in total. The fourth-order valence-corrected chi connectivity index (χ4v) is 1.52. The summed E-state index contributed by atoms with van der Waals surface area (Å²) in [7, 11) is 0. The standard InChI is InChI=1S/C14H4F6O4/c15-7-3-11(19)9(17)1-5(7)13(21)23-24-14(22)6-2-10(18)12(20)4-8(6)16/h1-4H. The van der Waals surface area contributed by atoms with Gasteiger partial charge in [-0.15, -0.1) is 0 Å². The highest BCUT2D eigenvalue weighted by Gasteiger charge is 2.23. The summed E-state index contributed by atoms with van der Waals surface area (Å²) in [5.74, 6) is -12.9. The van der Waals surface area contributed by atoms with Crippen LogP contribution < -0.4 is 0 Å². The number of halogens is 6. The van der Waals surface area contributed by atoms with Gasteiger partial charge in [-0.05, 0) is 12.1 Å². The van der Waals surface area contributed by atoms with Crippen LogP contribution in [0.2, 0.25) is 0 Å². The van der Waals surface area contributed by atoms with Gasteiger partial charge in [0.05, 0.1) is 0 Å². The Morgan fingerprint density at radius 3 is 1.17 bits per heavy atom. The van der Waals surface area contributed by atoms with Crippen LogP contribution in [0.15, 0.2) is 24.3 Å². The Morgan fingerprint density at radius 2 is 0.833 bits per heavy atom. The van der Waals surface area contributed by atoms with E-state index in [0.717, 1.165) is 0 Å². The third kappa shape index (κ3) is 3.47. The van der Waals surface area contributed by atoms with Gasteiger partial charge in [-0.3, -0.25) is 0 Å². The molecular formula is C14H4F6O4. The molecule has 0 aliphatic carbocycles. The molecule has 0 aromatic heterocycles. The van der Waals surface area contributed by atoms with Gasteiger partial charge in [0.2, 0.25) is 0 Å². The first kappa shape index (κ1) is 17.3. The van der Waals surface area contributed by atoms with Gasteiger partial charge in [0.25, 0.3) is 0 Å². The summed E-state index contributed by atoms with van der Waals surface area (Å²) in [5, 5.41) is 0. The first-order valence-electron chi connectivity index (χ1n) is 5.93.